The average molecular weight is 355 g/mol. The van der Waals surface area contributed by atoms with Crippen LogP contribution in [-0.2, 0) is 0 Å². The number of guanidine groups is 1. The van der Waals surface area contributed by atoms with Crippen molar-refractivity contribution in [3.63, 3.8) is 0 Å². The molecule has 0 atom stereocenters. The molecule has 6 heteroatoms. The summed E-state index contributed by atoms with van der Waals surface area (Å²) in [5.41, 5.74) is 7.95. The number of aromatic nitrogens is 2. The Hall–Kier alpha value is -3.93. The molecule has 0 aliphatic carbocycles. The van der Waals surface area contributed by atoms with E-state index in [9.17, 15) is 4.79 Å². The Balaban J connectivity index is 1.67. The predicted octanol–water partition coefficient (Wildman–Crippen LogP) is 3.65. The largest absolute Gasteiger partial charge is 0.369 e. The number of aromatic amines is 1. The van der Waals surface area contributed by atoms with E-state index in [-0.39, 0.29) is 17.5 Å². The van der Waals surface area contributed by atoms with Crippen molar-refractivity contribution in [3.8, 4) is 11.3 Å². The molecule has 0 unspecified atom stereocenters. The molecular weight excluding hydrogens is 338 g/mol. The van der Waals surface area contributed by atoms with Crippen LogP contribution in [0.5, 0.6) is 0 Å². The second kappa shape index (κ2) is 7.13. The van der Waals surface area contributed by atoms with Gasteiger partial charge in [0, 0.05) is 22.7 Å². The molecule has 0 spiro atoms. The molecule has 1 aromatic heterocycles. The van der Waals surface area contributed by atoms with Crippen molar-refractivity contribution in [3.05, 3.63) is 89.2 Å². The van der Waals surface area contributed by atoms with Crippen LogP contribution in [0.2, 0.25) is 0 Å². The summed E-state index contributed by atoms with van der Waals surface area (Å²) >= 11 is 0. The van der Waals surface area contributed by atoms with Crippen LogP contribution in [0.3, 0.4) is 0 Å². The second-order valence-electron chi connectivity index (χ2n) is 5.97. The van der Waals surface area contributed by atoms with Crippen molar-refractivity contribution in [1.29, 1.82) is 0 Å². The molecular formula is C21H17N5O. The fourth-order valence-electron chi connectivity index (χ4n) is 2.87. The topological polar surface area (TPSA) is 96.2 Å². The molecule has 0 aliphatic rings. The van der Waals surface area contributed by atoms with E-state index in [1.165, 1.54) is 6.07 Å². The lowest BCUT2D eigenvalue weighted by Crippen LogP contribution is -2.22. The highest BCUT2D eigenvalue weighted by atomic mass is 16.1. The van der Waals surface area contributed by atoms with E-state index in [0.29, 0.717) is 5.69 Å². The number of nitrogens with one attached hydrogen (secondary N) is 2. The van der Waals surface area contributed by atoms with Crippen LogP contribution in [0, 0.1) is 0 Å². The fraction of sp³-hybridized carbons (Fsp3) is 0. The maximum Gasteiger partial charge on any atom is 0.252 e. The van der Waals surface area contributed by atoms with Crippen LogP contribution in [0.1, 0.15) is 0 Å². The SMILES string of the molecule is N/C(=N\c1nc(-c2ccccc2)cc(=O)[nH]1)Nc1cccc2ccccc12. The monoisotopic (exact) mass is 355 g/mol. The summed E-state index contributed by atoms with van der Waals surface area (Å²) in [6.45, 7) is 0. The Labute approximate surface area is 155 Å². The van der Waals surface area contributed by atoms with Gasteiger partial charge in [-0.05, 0) is 11.5 Å². The van der Waals surface area contributed by atoms with Gasteiger partial charge in [0.2, 0.25) is 11.9 Å². The summed E-state index contributed by atoms with van der Waals surface area (Å²) in [7, 11) is 0. The van der Waals surface area contributed by atoms with Gasteiger partial charge in [0.05, 0.1) is 5.69 Å². The number of benzene rings is 3. The van der Waals surface area contributed by atoms with Gasteiger partial charge >= 0.3 is 0 Å². The molecule has 0 aliphatic heterocycles. The van der Waals surface area contributed by atoms with Gasteiger partial charge in [-0.2, -0.15) is 4.99 Å². The third-order valence-corrected chi connectivity index (χ3v) is 4.08. The van der Waals surface area contributed by atoms with Gasteiger partial charge in [-0.25, -0.2) is 4.98 Å². The minimum atomic E-state index is -0.291. The Morgan fingerprint density at radius 2 is 1.70 bits per heavy atom. The van der Waals surface area contributed by atoms with Gasteiger partial charge in [-0.1, -0.05) is 66.7 Å². The van der Waals surface area contributed by atoms with Crippen LogP contribution >= 0.6 is 0 Å². The zero-order valence-electron chi connectivity index (χ0n) is 14.4. The van der Waals surface area contributed by atoms with Gasteiger partial charge in [-0.15, -0.1) is 0 Å². The van der Waals surface area contributed by atoms with Crippen molar-refractivity contribution in [1.82, 2.24) is 9.97 Å². The summed E-state index contributed by atoms with van der Waals surface area (Å²) in [4.78, 5) is 23.2. The highest BCUT2D eigenvalue weighted by molar-refractivity contribution is 6.03. The molecule has 132 valence electrons. The minimum absolute atomic E-state index is 0.139. The molecule has 4 N–H and O–H groups in total. The van der Waals surface area contributed by atoms with Crippen molar-refractivity contribution in [2.75, 3.05) is 5.32 Å². The highest BCUT2D eigenvalue weighted by Crippen LogP contribution is 2.23. The zero-order chi connectivity index (χ0) is 18.6. The van der Waals surface area contributed by atoms with Gasteiger partial charge < -0.3 is 11.1 Å². The first-order valence-electron chi connectivity index (χ1n) is 8.45. The molecule has 0 radical (unpaired) electrons. The predicted molar refractivity (Wildman–Crippen MR) is 109 cm³/mol. The number of nitrogens with zero attached hydrogens (tertiary/aromatic N) is 2. The third kappa shape index (κ3) is 3.69. The van der Waals surface area contributed by atoms with Crippen LogP contribution in [0.4, 0.5) is 11.6 Å². The highest BCUT2D eigenvalue weighted by Gasteiger charge is 2.05. The number of nitrogens with two attached hydrogens (primary N) is 1. The van der Waals surface area contributed by atoms with E-state index >= 15 is 0 Å². The van der Waals surface area contributed by atoms with Crippen LogP contribution in [-0.4, -0.2) is 15.9 Å². The van der Waals surface area contributed by atoms with Crippen LogP contribution in [0.25, 0.3) is 22.0 Å². The molecule has 1 heterocycles. The van der Waals surface area contributed by atoms with Gasteiger partial charge in [0.25, 0.3) is 5.56 Å². The van der Waals surface area contributed by atoms with E-state index in [2.05, 4.69) is 20.3 Å². The molecule has 4 rings (SSSR count). The quantitative estimate of drug-likeness (QED) is 0.386. The molecule has 4 aromatic rings. The van der Waals surface area contributed by atoms with Crippen molar-refractivity contribution in [2.24, 2.45) is 10.7 Å². The number of H-pyrrole nitrogens is 1. The van der Waals surface area contributed by atoms with E-state index in [4.69, 9.17) is 5.73 Å². The Morgan fingerprint density at radius 3 is 2.56 bits per heavy atom. The number of aliphatic imine (C=N–C) groups is 1. The molecule has 0 fully saturated rings. The molecule has 0 saturated heterocycles. The number of rotatable bonds is 3. The number of hydrogen-bond donors (Lipinski definition) is 3. The normalized spacial score (nSPS) is 11.5. The number of anilines is 1. The summed E-state index contributed by atoms with van der Waals surface area (Å²) in [5.74, 6) is 0.284. The van der Waals surface area contributed by atoms with Gasteiger partial charge in [0.1, 0.15) is 0 Å². The minimum Gasteiger partial charge on any atom is -0.369 e. The maximum absolute atomic E-state index is 12.0. The molecule has 0 saturated carbocycles. The smallest absolute Gasteiger partial charge is 0.252 e. The lowest BCUT2D eigenvalue weighted by Gasteiger charge is -2.09. The van der Waals surface area contributed by atoms with Gasteiger partial charge in [-0.3, -0.25) is 9.78 Å². The summed E-state index contributed by atoms with van der Waals surface area (Å²) in [6, 6.07) is 24.7. The Morgan fingerprint density at radius 1 is 0.963 bits per heavy atom. The molecule has 0 bridgehead atoms. The van der Waals surface area contributed by atoms with Crippen LogP contribution < -0.4 is 16.6 Å². The lowest BCUT2D eigenvalue weighted by atomic mass is 10.1. The number of fused-ring (bicyclic) bond motifs is 1. The standard InChI is InChI=1S/C21H17N5O/c22-20(23-17-12-6-10-14-7-4-5-11-16(14)17)26-21-24-18(13-19(27)25-21)15-8-2-1-3-9-15/h1-13H,(H4,22,23,24,25,26,27). The molecule has 27 heavy (non-hydrogen) atoms. The van der Waals surface area contributed by atoms with Crippen molar-refractivity contribution < 1.29 is 0 Å². The fourth-order valence-corrected chi connectivity index (χ4v) is 2.87. The second-order valence-corrected chi connectivity index (χ2v) is 5.97. The van der Waals surface area contributed by atoms with E-state index in [1.807, 2.05) is 72.8 Å². The van der Waals surface area contributed by atoms with E-state index in [1.54, 1.807) is 0 Å². The van der Waals surface area contributed by atoms with Crippen molar-refractivity contribution in [2.45, 2.75) is 0 Å². The molecule has 3 aromatic carbocycles. The first kappa shape index (κ1) is 16.5. The van der Waals surface area contributed by atoms with E-state index in [0.717, 1.165) is 22.0 Å². The first-order chi connectivity index (χ1) is 13.2. The lowest BCUT2D eigenvalue weighted by molar-refractivity contribution is 1.10. The summed E-state index contributed by atoms with van der Waals surface area (Å²) in [5, 5.41) is 5.19. The van der Waals surface area contributed by atoms with E-state index < -0.39 is 0 Å². The van der Waals surface area contributed by atoms with Crippen LogP contribution in [0.15, 0.2) is 88.6 Å². The third-order valence-electron chi connectivity index (χ3n) is 4.08. The molecule has 0 amide bonds. The first-order valence-corrected chi connectivity index (χ1v) is 8.45. The maximum atomic E-state index is 12.0. The molecule has 6 nitrogen and oxygen atoms in total. The average Bonchev–Trinajstić information content (AvgIpc) is 2.68. The summed E-state index contributed by atoms with van der Waals surface area (Å²) in [6.07, 6.45) is 0. The van der Waals surface area contributed by atoms with Gasteiger partial charge in [0.15, 0.2) is 0 Å². The summed E-state index contributed by atoms with van der Waals surface area (Å²) < 4.78 is 0. The number of hydrogen-bond acceptors (Lipinski definition) is 3. The zero-order valence-corrected chi connectivity index (χ0v) is 14.4. The Kier molecular flexibility index (Phi) is 4.37. The van der Waals surface area contributed by atoms with Crippen molar-refractivity contribution >= 4 is 28.4 Å². The Bertz CT molecular complexity index is 1180.